The fourth-order valence-electron chi connectivity index (χ4n) is 2.99. The van der Waals surface area contributed by atoms with Crippen molar-refractivity contribution in [3.05, 3.63) is 59.4 Å². The van der Waals surface area contributed by atoms with Crippen LogP contribution >= 0.6 is 0 Å². The van der Waals surface area contributed by atoms with Crippen LogP contribution in [0.3, 0.4) is 0 Å². The Morgan fingerprint density at radius 2 is 1.96 bits per heavy atom. The maximum absolute atomic E-state index is 12.5. The number of hydrogen-bond donors (Lipinski definition) is 2. The molecule has 0 radical (unpaired) electrons. The number of amides is 2. The van der Waals surface area contributed by atoms with Gasteiger partial charge >= 0.3 is 5.97 Å². The third kappa shape index (κ3) is 3.72. The summed E-state index contributed by atoms with van der Waals surface area (Å²) in [5.74, 6) is -1.51. The van der Waals surface area contributed by atoms with Crippen LogP contribution < -0.4 is 10.2 Å². The number of hydrogen-bond acceptors (Lipinski definition) is 4. The van der Waals surface area contributed by atoms with Crippen molar-refractivity contribution in [2.45, 2.75) is 25.3 Å². The molecule has 1 aliphatic rings. The number of nitrogens with one attached hydrogen (secondary N) is 1. The molecule has 1 atom stereocenters. The van der Waals surface area contributed by atoms with E-state index < -0.39 is 17.9 Å². The Bertz CT molecular complexity index is 851. The number of anilines is 1. The lowest BCUT2D eigenvalue weighted by Gasteiger charge is -2.26. The predicted octanol–water partition coefficient (Wildman–Crippen LogP) is 1.42. The van der Waals surface area contributed by atoms with Crippen LogP contribution in [0.1, 0.15) is 27.9 Å². The lowest BCUT2D eigenvalue weighted by Crippen LogP contribution is -2.42. The minimum Gasteiger partial charge on any atom is -0.480 e. The second-order valence-corrected chi connectivity index (χ2v) is 6.22. The van der Waals surface area contributed by atoms with Gasteiger partial charge in [-0.3, -0.25) is 14.6 Å². The van der Waals surface area contributed by atoms with Crippen LogP contribution in [0.5, 0.6) is 0 Å². The van der Waals surface area contributed by atoms with Crippen molar-refractivity contribution in [2.24, 2.45) is 0 Å². The van der Waals surface area contributed by atoms with E-state index in [2.05, 4.69) is 10.3 Å². The zero-order valence-corrected chi connectivity index (χ0v) is 14.3. The number of carbonyl (C=O) groups excluding carboxylic acids is 2. The minimum absolute atomic E-state index is 0.0398. The minimum atomic E-state index is -1.10. The Hall–Kier alpha value is -3.22. The second-order valence-electron chi connectivity index (χ2n) is 6.22. The molecule has 0 saturated carbocycles. The Morgan fingerprint density at radius 1 is 1.23 bits per heavy atom. The molecule has 1 unspecified atom stereocenters. The maximum Gasteiger partial charge on any atom is 0.326 e. The molecule has 3 rings (SSSR count). The Labute approximate surface area is 150 Å². The van der Waals surface area contributed by atoms with Crippen LogP contribution in [-0.4, -0.2) is 41.0 Å². The van der Waals surface area contributed by atoms with Crippen molar-refractivity contribution in [1.82, 2.24) is 10.3 Å². The fraction of sp³-hybridized carbons (Fsp3) is 0.263. The first-order valence-electron chi connectivity index (χ1n) is 8.28. The first kappa shape index (κ1) is 17.6. The molecule has 2 aromatic rings. The normalized spacial score (nSPS) is 14.5. The molecule has 7 nitrogen and oxygen atoms in total. The number of nitrogens with zero attached hydrogens (tertiary/aromatic N) is 2. The predicted molar refractivity (Wildman–Crippen MR) is 95.0 cm³/mol. The van der Waals surface area contributed by atoms with Crippen LogP contribution in [0.4, 0.5) is 5.69 Å². The topological polar surface area (TPSA) is 99.6 Å². The maximum atomic E-state index is 12.5. The molecule has 2 amide bonds. The standard InChI is InChI=1S/C19H19N3O4/c1-22-16-4-2-14(11-13(16)3-5-17(22)23)18(24)21-15(19(25)26)10-12-6-8-20-9-7-12/h2,4,6-9,11,15H,3,5,10H2,1H3,(H,21,24)(H,25,26). The van der Waals surface area contributed by atoms with Crippen LogP contribution in [0.2, 0.25) is 0 Å². The molecular weight excluding hydrogens is 334 g/mol. The largest absolute Gasteiger partial charge is 0.480 e. The zero-order valence-electron chi connectivity index (χ0n) is 14.3. The number of fused-ring (bicyclic) bond motifs is 1. The van der Waals surface area contributed by atoms with Gasteiger partial charge in [0.2, 0.25) is 5.91 Å². The third-order valence-electron chi connectivity index (χ3n) is 4.48. The van der Waals surface area contributed by atoms with E-state index in [9.17, 15) is 19.5 Å². The van der Waals surface area contributed by atoms with E-state index in [-0.39, 0.29) is 12.3 Å². The molecule has 0 spiro atoms. The number of carboxylic acids is 1. The Morgan fingerprint density at radius 3 is 2.65 bits per heavy atom. The lowest BCUT2D eigenvalue weighted by atomic mass is 9.98. The van der Waals surface area contributed by atoms with E-state index in [1.165, 1.54) is 0 Å². The van der Waals surface area contributed by atoms with Crippen LogP contribution in [-0.2, 0) is 22.4 Å². The first-order valence-corrected chi connectivity index (χ1v) is 8.28. The molecule has 134 valence electrons. The van der Waals surface area contributed by atoms with Gasteiger partial charge in [0.15, 0.2) is 0 Å². The summed E-state index contributed by atoms with van der Waals surface area (Å²) in [6.45, 7) is 0. The number of carbonyl (C=O) groups is 3. The van der Waals surface area contributed by atoms with Gasteiger partial charge in [0, 0.05) is 43.5 Å². The van der Waals surface area contributed by atoms with Crippen molar-refractivity contribution < 1.29 is 19.5 Å². The number of benzene rings is 1. The zero-order chi connectivity index (χ0) is 18.7. The molecule has 26 heavy (non-hydrogen) atoms. The molecule has 1 aliphatic heterocycles. The van der Waals surface area contributed by atoms with Crippen molar-refractivity contribution in [2.75, 3.05) is 11.9 Å². The number of rotatable bonds is 5. The molecule has 0 bridgehead atoms. The summed E-state index contributed by atoms with van der Waals surface area (Å²) in [4.78, 5) is 41.2. The van der Waals surface area contributed by atoms with Crippen molar-refractivity contribution >= 4 is 23.5 Å². The van der Waals surface area contributed by atoms with Crippen molar-refractivity contribution in [3.8, 4) is 0 Å². The molecule has 0 saturated heterocycles. The molecule has 1 aromatic carbocycles. The summed E-state index contributed by atoms with van der Waals surface area (Å²) >= 11 is 0. The summed E-state index contributed by atoms with van der Waals surface area (Å²) < 4.78 is 0. The van der Waals surface area contributed by atoms with Gasteiger partial charge in [-0.05, 0) is 47.9 Å². The van der Waals surface area contributed by atoms with E-state index in [0.717, 1.165) is 16.8 Å². The summed E-state index contributed by atoms with van der Waals surface area (Å²) in [5, 5.41) is 12.0. The summed E-state index contributed by atoms with van der Waals surface area (Å²) in [6, 6.07) is 7.44. The highest BCUT2D eigenvalue weighted by Crippen LogP contribution is 2.27. The van der Waals surface area contributed by atoms with Crippen LogP contribution in [0, 0.1) is 0 Å². The molecule has 2 N–H and O–H groups in total. The van der Waals surface area contributed by atoms with E-state index in [0.29, 0.717) is 18.4 Å². The van der Waals surface area contributed by atoms with E-state index >= 15 is 0 Å². The number of aryl methyl sites for hydroxylation is 1. The molecule has 0 aliphatic carbocycles. The van der Waals surface area contributed by atoms with Gasteiger partial charge < -0.3 is 15.3 Å². The van der Waals surface area contributed by atoms with Gasteiger partial charge in [0.1, 0.15) is 6.04 Å². The SMILES string of the molecule is CN1C(=O)CCc2cc(C(=O)NC(Cc3ccncc3)C(=O)O)ccc21. The van der Waals surface area contributed by atoms with E-state index in [1.54, 1.807) is 54.7 Å². The number of carboxylic acid groups (broad SMARTS) is 1. The highest BCUT2D eigenvalue weighted by atomic mass is 16.4. The summed E-state index contributed by atoms with van der Waals surface area (Å²) in [5.41, 5.74) is 2.84. The van der Waals surface area contributed by atoms with Gasteiger partial charge in [0.05, 0.1) is 0 Å². The van der Waals surface area contributed by atoms with Crippen LogP contribution in [0.25, 0.3) is 0 Å². The highest BCUT2D eigenvalue weighted by Gasteiger charge is 2.24. The fourth-order valence-corrected chi connectivity index (χ4v) is 2.99. The van der Waals surface area contributed by atoms with Crippen molar-refractivity contribution in [1.29, 1.82) is 0 Å². The molecular formula is C19H19N3O4. The monoisotopic (exact) mass is 353 g/mol. The number of pyridine rings is 1. The van der Waals surface area contributed by atoms with Gasteiger partial charge in [-0.1, -0.05) is 0 Å². The van der Waals surface area contributed by atoms with Crippen LogP contribution in [0.15, 0.2) is 42.7 Å². The van der Waals surface area contributed by atoms with Gasteiger partial charge in [0.25, 0.3) is 5.91 Å². The van der Waals surface area contributed by atoms with Gasteiger partial charge in [-0.15, -0.1) is 0 Å². The van der Waals surface area contributed by atoms with E-state index in [1.807, 2.05) is 0 Å². The Kier molecular flexibility index (Phi) is 4.97. The van der Waals surface area contributed by atoms with Gasteiger partial charge in [-0.25, -0.2) is 4.79 Å². The smallest absolute Gasteiger partial charge is 0.326 e. The average Bonchev–Trinajstić information content (AvgIpc) is 2.64. The Balaban J connectivity index is 1.76. The van der Waals surface area contributed by atoms with Crippen molar-refractivity contribution in [3.63, 3.8) is 0 Å². The number of aromatic nitrogens is 1. The van der Waals surface area contributed by atoms with Gasteiger partial charge in [-0.2, -0.15) is 0 Å². The molecule has 7 heteroatoms. The first-order chi connectivity index (χ1) is 12.5. The summed E-state index contributed by atoms with van der Waals surface area (Å²) in [6.07, 6.45) is 4.30. The molecule has 2 heterocycles. The third-order valence-corrected chi connectivity index (χ3v) is 4.48. The lowest BCUT2D eigenvalue weighted by molar-refractivity contribution is -0.139. The quantitative estimate of drug-likeness (QED) is 0.847. The highest BCUT2D eigenvalue weighted by molar-refractivity contribution is 6.00. The molecule has 0 fully saturated rings. The number of aliphatic carboxylic acids is 1. The summed E-state index contributed by atoms with van der Waals surface area (Å²) in [7, 11) is 1.70. The second kappa shape index (κ2) is 7.35. The average molecular weight is 353 g/mol. The van der Waals surface area contributed by atoms with E-state index in [4.69, 9.17) is 0 Å². The molecule has 1 aromatic heterocycles.